The summed E-state index contributed by atoms with van der Waals surface area (Å²) in [5.41, 5.74) is 10.8. The van der Waals surface area contributed by atoms with Gasteiger partial charge in [0.05, 0.1) is 6.54 Å². The van der Waals surface area contributed by atoms with Gasteiger partial charge in [-0.1, -0.05) is 27.7 Å². The minimum absolute atomic E-state index is 0.0891. The summed E-state index contributed by atoms with van der Waals surface area (Å²) >= 11 is 0. The summed E-state index contributed by atoms with van der Waals surface area (Å²) in [6.07, 6.45) is 0.485. The molecule has 1 rings (SSSR count). The molecule has 0 aromatic rings. The van der Waals surface area contributed by atoms with E-state index in [0.717, 1.165) is 0 Å². The Bertz CT molecular complexity index is 1130. The van der Waals surface area contributed by atoms with Gasteiger partial charge in [-0.25, -0.2) is 4.79 Å². The molecule has 5 unspecified atom stereocenters. The predicted octanol–water partition coefficient (Wildman–Crippen LogP) is -2.60. The van der Waals surface area contributed by atoms with Crippen molar-refractivity contribution in [3.05, 3.63) is 0 Å². The minimum atomic E-state index is -1.50. The Hall–Kier alpha value is -4.48. The fourth-order valence-electron chi connectivity index (χ4n) is 4.87. The number of hydrogen-bond donors (Lipinski definition) is 10. The van der Waals surface area contributed by atoms with Crippen molar-refractivity contribution in [3.8, 4) is 0 Å². The monoisotopic (exact) mass is 655 g/mol. The first-order chi connectivity index (χ1) is 21.5. The molecule has 46 heavy (non-hydrogen) atoms. The van der Waals surface area contributed by atoms with Crippen LogP contribution in [0.1, 0.15) is 66.2 Å². The number of likely N-dealkylation sites (tertiary alicyclic amines) is 1. The van der Waals surface area contributed by atoms with E-state index in [1.807, 2.05) is 0 Å². The Labute approximate surface area is 267 Å². The highest BCUT2D eigenvalue weighted by atomic mass is 16.4. The van der Waals surface area contributed by atoms with Crippen LogP contribution in [0.3, 0.4) is 0 Å². The molecule has 0 aromatic heterocycles. The number of amides is 5. The van der Waals surface area contributed by atoms with Crippen LogP contribution in [0.25, 0.3) is 0 Å². The van der Waals surface area contributed by atoms with E-state index in [2.05, 4.69) is 26.6 Å². The maximum Gasteiger partial charge on any atom is 0.326 e. The molecular formula is C28H49N9O9. The second-order valence-corrected chi connectivity index (χ2v) is 11.8. The fraction of sp³-hybridized carbons (Fsp3) is 0.714. The SMILES string of the molecule is CC(C)C(NC(=O)C(CCCNC(=N)N)NC(=O)C1CCCN1C(=O)CN)C(=O)NC(C(=O)NC(CCC(=O)O)C(=O)O)C(C)C. The number of carboxylic acids is 2. The van der Waals surface area contributed by atoms with Gasteiger partial charge in [-0.15, -0.1) is 0 Å². The Morgan fingerprint density at radius 3 is 1.91 bits per heavy atom. The summed E-state index contributed by atoms with van der Waals surface area (Å²) < 4.78 is 0. The third-order valence-electron chi connectivity index (χ3n) is 7.42. The fourth-order valence-corrected chi connectivity index (χ4v) is 4.87. The zero-order valence-corrected chi connectivity index (χ0v) is 26.8. The van der Waals surface area contributed by atoms with Gasteiger partial charge in [-0.2, -0.15) is 0 Å². The molecule has 18 nitrogen and oxygen atoms in total. The molecule has 1 aliphatic heterocycles. The van der Waals surface area contributed by atoms with Crippen LogP contribution >= 0.6 is 0 Å². The molecule has 1 heterocycles. The lowest BCUT2D eigenvalue weighted by Crippen LogP contribution is -2.60. The second-order valence-electron chi connectivity index (χ2n) is 11.8. The second kappa shape index (κ2) is 19.1. The van der Waals surface area contributed by atoms with E-state index in [0.29, 0.717) is 25.8 Å². The van der Waals surface area contributed by atoms with E-state index in [1.165, 1.54) is 4.90 Å². The number of nitrogens with one attached hydrogen (secondary N) is 6. The van der Waals surface area contributed by atoms with Crippen molar-refractivity contribution < 1.29 is 43.8 Å². The highest BCUT2D eigenvalue weighted by molar-refractivity contribution is 5.96. The van der Waals surface area contributed by atoms with E-state index < -0.39 is 89.9 Å². The van der Waals surface area contributed by atoms with E-state index in [-0.39, 0.29) is 31.9 Å². The quantitative estimate of drug-likeness (QED) is 0.0389. The molecule has 12 N–H and O–H groups in total. The van der Waals surface area contributed by atoms with Crippen LogP contribution in [0.15, 0.2) is 0 Å². The highest BCUT2D eigenvalue weighted by Gasteiger charge is 2.37. The molecular weight excluding hydrogens is 606 g/mol. The Morgan fingerprint density at radius 2 is 1.41 bits per heavy atom. The molecule has 1 aliphatic rings. The molecule has 1 fully saturated rings. The minimum Gasteiger partial charge on any atom is -0.481 e. The lowest BCUT2D eigenvalue weighted by molar-refractivity contribution is -0.143. The van der Waals surface area contributed by atoms with E-state index in [9.17, 15) is 38.7 Å². The van der Waals surface area contributed by atoms with E-state index in [4.69, 9.17) is 22.0 Å². The van der Waals surface area contributed by atoms with Gasteiger partial charge in [0.2, 0.25) is 29.5 Å². The van der Waals surface area contributed by atoms with Crippen LogP contribution in [-0.4, -0.2) is 112 Å². The lowest BCUT2D eigenvalue weighted by atomic mass is 9.98. The third kappa shape index (κ3) is 12.9. The summed E-state index contributed by atoms with van der Waals surface area (Å²) in [5.74, 6) is -7.21. The van der Waals surface area contributed by atoms with Crippen LogP contribution in [0.4, 0.5) is 0 Å². The summed E-state index contributed by atoms with van der Waals surface area (Å²) in [6, 6.07) is -5.86. The van der Waals surface area contributed by atoms with Crippen LogP contribution in [0.5, 0.6) is 0 Å². The van der Waals surface area contributed by atoms with Crippen molar-refractivity contribution in [2.75, 3.05) is 19.6 Å². The van der Waals surface area contributed by atoms with Crippen molar-refractivity contribution in [2.24, 2.45) is 23.3 Å². The molecule has 0 radical (unpaired) electrons. The topological polar surface area (TPSA) is 299 Å². The number of carboxylic acid groups (broad SMARTS) is 2. The van der Waals surface area contributed by atoms with Gasteiger partial charge in [0.1, 0.15) is 30.2 Å². The number of carbonyl (C=O) groups excluding carboxylic acids is 5. The molecule has 0 spiro atoms. The number of aliphatic carboxylic acids is 2. The first kappa shape index (κ1) is 39.5. The molecule has 1 saturated heterocycles. The first-order valence-electron chi connectivity index (χ1n) is 15.2. The van der Waals surface area contributed by atoms with Crippen LogP contribution < -0.4 is 38.1 Å². The van der Waals surface area contributed by atoms with Gasteiger partial charge < -0.3 is 53.2 Å². The molecule has 0 bridgehead atoms. The van der Waals surface area contributed by atoms with Crippen molar-refractivity contribution in [3.63, 3.8) is 0 Å². The predicted molar refractivity (Wildman–Crippen MR) is 165 cm³/mol. The van der Waals surface area contributed by atoms with E-state index >= 15 is 0 Å². The zero-order chi connectivity index (χ0) is 35.1. The average molecular weight is 656 g/mol. The van der Waals surface area contributed by atoms with Crippen molar-refractivity contribution in [1.29, 1.82) is 5.41 Å². The molecule has 0 aliphatic carbocycles. The molecule has 5 amide bonds. The Balaban J connectivity index is 3.11. The van der Waals surface area contributed by atoms with Gasteiger partial charge in [0, 0.05) is 19.5 Å². The van der Waals surface area contributed by atoms with Crippen molar-refractivity contribution in [2.45, 2.75) is 96.4 Å². The number of carbonyl (C=O) groups is 7. The summed E-state index contributed by atoms with van der Waals surface area (Å²) in [6.45, 7) is 6.83. The molecule has 260 valence electrons. The van der Waals surface area contributed by atoms with Gasteiger partial charge in [0.15, 0.2) is 5.96 Å². The normalized spacial score (nSPS) is 16.9. The van der Waals surface area contributed by atoms with Gasteiger partial charge in [-0.3, -0.25) is 34.2 Å². The maximum absolute atomic E-state index is 13.5. The summed E-state index contributed by atoms with van der Waals surface area (Å²) in [7, 11) is 0. The largest absolute Gasteiger partial charge is 0.481 e. The Morgan fingerprint density at radius 1 is 0.848 bits per heavy atom. The van der Waals surface area contributed by atoms with Crippen LogP contribution in [0, 0.1) is 17.2 Å². The smallest absolute Gasteiger partial charge is 0.326 e. The molecule has 0 saturated carbocycles. The lowest BCUT2D eigenvalue weighted by Gasteiger charge is -2.30. The third-order valence-corrected chi connectivity index (χ3v) is 7.42. The molecule has 18 heteroatoms. The Kier molecular flexibility index (Phi) is 16.4. The first-order valence-corrected chi connectivity index (χ1v) is 15.2. The number of nitrogens with zero attached hydrogens (tertiary/aromatic N) is 1. The van der Waals surface area contributed by atoms with Crippen LogP contribution in [0.2, 0.25) is 0 Å². The maximum atomic E-state index is 13.5. The van der Waals surface area contributed by atoms with Crippen molar-refractivity contribution >= 4 is 47.4 Å². The van der Waals surface area contributed by atoms with Crippen LogP contribution in [-0.2, 0) is 33.6 Å². The number of hydrogen-bond acceptors (Lipinski definition) is 9. The van der Waals surface area contributed by atoms with Gasteiger partial charge in [0.25, 0.3) is 0 Å². The van der Waals surface area contributed by atoms with Gasteiger partial charge >= 0.3 is 11.9 Å². The molecule has 0 aromatic carbocycles. The summed E-state index contributed by atoms with van der Waals surface area (Å²) in [4.78, 5) is 89.2. The summed E-state index contributed by atoms with van der Waals surface area (Å²) in [5, 5.41) is 38.4. The standard InChI is InChI=1S/C28H49N9O9/c1-14(2)21(25(43)34-17(27(45)46)9-10-20(39)40)36-26(44)22(15(3)4)35-23(41)16(7-5-11-32-28(30)31)33-24(42)18-8-6-12-37(18)19(38)13-29/h14-18,21-22H,5-13,29H2,1-4H3,(H,33,42)(H,34,43)(H,35,41)(H,36,44)(H,39,40)(H,45,46)(H4,30,31,32). The number of nitrogens with two attached hydrogens (primary N) is 2. The van der Waals surface area contributed by atoms with Gasteiger partial charge in [-0.05, 0) is 43.9 Å². The van der Waals surface area contributed by atoms with Crippen molar-refractivity contribution in [1.82, 2.24) is 31.5 Å². The number of rotatable bonds is 19. The average Bonchev–Trinajstić information content (AvgIpc) is 3.47. The zero-order valence-electron chi connectivity index (χ0n) is 26.8. The molecule has 5 atom stereocenters. The number of guanidine groups is 1. The highest BCUT2D eigenvalue weighted by Crippen LogP contribution is 2.18. The van der Waals surface area contributed by atoms with E-state index in [1.54, 1.807) is 27.7 Å².